The van der Waals surface area contributed by atoms with E-state index in [4.69, 9.17) is 4.42 Å². The zero-order valence-corrected chi connectivity index (χ0v) is 17.7. The molecule has 2 aromatic heterocycles. The molecule has 1 aliphatic heterocycles. The van der Waals surface area contributed by atoms with Crippen LogP contribution in [-0.2, 0) is 6.42 Å². The van der Waals surface area contributed by atoms with Crippen LogP contribution in [0.1, 0.15) is 47.4 Å². The summed E-state index contributed by atoms with van der Waals surface area (Å²) < 4.78 is 6.21. The molecule has 1 saturated carbocycles. The Morgan fingerprint density at radius 2 is 1.84 bits per heavy atom. The molecule has 0 unspecified atom stereocenters. The minimum absolute atomic E-state index is 0.284. The van der Waals surface area contributed by atoms with Crippen LogP contribution in [0.3, 0.4) is 0 Å². The highest BCUT2D eigenvalue weighted by Gasteiger charge is 2.44. The summed E-state index contributed by atoms with van der Waals surface area (Å²) in [6.07, 6.45) is 6.82. The lowest BCUT2D eigenvalue weighted by Gasteiger charge is -2.21. The molecule has 1 aliphatic carbocycles. The van der Waals surface area contributed by atoms with E-state index in [2.05, 4.69) is 62.2 Å². The van der Waals surface area contributed by atoms with E-state index in [9.17, 15) is 5.26 Å². The van der Waals surface area contributed by atoms with Gasteiger partial charge in [0.1, 0.15) is 6.07 Å². The molecule has 3 heterocycles. The second kappa shape index (κ2) is 8.91. The Morgan fingerprint density at radius 3 is 2.65 bits per heavy atom. The molecular weight excluding hydrogens is 386 g/mol. The Labute approximate surface area is 183 Å². The first-order chi connectivity index (χ1) is 15.3. The molecule has 5 rings (SSSR count). The summed E-state index contributed by atoms with van der Waals surface area (Å²) in [6, 6.07) is 16.9. The van der Waals surface area contributed by atoms with Gasteiger partial charge in [0, 0.05) is 44.5 Å². The molecule has 3 aromatic rings. The lowest BCUT2D eigenvalue weighted by atomic mass is 10.1. The molecule has 0 radical (unpaired) electrons. The summed E-state index contributed by atoms with van der Waals surface area (Å²) in [4.78, 5) is 13.4. The maximum absolute atomic E-state index is 9.67. The van der Waals surface area contributed by atoms with Crippen molar-refractivity contribution in [3.63, 3.8) is 0 Å². The minimum Gasteiger partial charge on any atom is -0.423 e. The van der Waals surface area contributed by atoms with Gasteiger partial charge in [-0.25, -0.2) is 4.98 Å². The molecule has 1 saturated heterocycles. The fourth-order valence-corrected chi connectivity index (χ4v) is 4.54. The standard InChI is InChI=1S/C25H27N5O/c26-18-23-25(31-24(28-23)22-17-21(22)20-5-2-1-3-6-20)30-13-4-12-29(15-16-30)14-9-19-7-10-27-11-8-19/h1-3,5-8,10-11,21-22H,4,9,12-17H2/t21-,22+/m0/s1. The van der Waals surface area contributed by atoms with Gasteiger partial charge in [0.25, 0.3) is 0 Å². The molecule has 6 heteroatoms. The number of nitriles is 1. The first kappa shape index (κ1) is 19.8. The van der Waals surface area contributed by atoms with Gasteiger partial charge in [0.15, 0.2) is 0 Å². The largest absolute Gasteiger partial charge is 0.423 e. The lowest BCUT2D eigenvalue weighted by molar-refractivity contribution is 0.297. The quantitative estimate of drug-likeness (QED) is 0.609. The number of oxazole rings is 1. The van der Waals surface area contributed by atoms with Crippen molar-refractivity contribution in [1.82, 2.24) is 14.9 Å². The number of anilines is 1. The zero-order chi connectivity index (χ0) is 21.0. The van der Waals surface area contributed by atoms with Gasteiger partial charge in [-0.05, 0) is 55.0 Å². The number of pyridine rings is 1. The molecule has 0 bridgehead atoms. The summed E-state index contributed by atoms with van der Waals surface area (Å²) in [5.74, 6) is 2.12. The molecule has 0 amide bonds. The van der Waals surface area contributed by atoms with E-state index < -0.39 is 0 Å². The molecule has 31 heavy (non-hydrogen) atoms. The van der Waals surface area contributed by atoms with Crippen molar-refractivity contribution in [3.8, 4) is 6.07 Å². The van der Waals surface area contributed by atoms with Crippen molar-refractivity contribution in [3.05, 3.63) is 77.6 Å². The average molecular weight is 414 g/mol. The Morgan fingerprint density at radius 1 is 1.00 bits per heavy atom. The van der Waals surface area contributed by atoms with Crippen LogP contribution in [0.15, 0.2) is 59.3 Å². The molecule has 1 aromatic carbocycles. The monoisotopic (exact) mass is 413 g/mol. The van der Waals surface area contributed by atoms with Gasteiger partial charge in [-0.2, -0.15) is 5.26 Å². The first-order valence-corrected chi connectivity index (χ1v) is 11.1. The van der Waals surface area contributed by atoms with Crippen LogP contribution in [0.4, 0.5) is 5.88 Å². The van der Waals surface area contributed by atoms with Gasteiger partial charge in [-0.15, -0.1) is 0 Å². The number of hydrogen-bond donors (Lipinski definition) is 0. The number of rotatable bonds is 6. The van der Waals surface area contributed by atoms with Crippen molar-refractivity contribution in [2.24, 2.45) is 0 Å². The normalized spacial score (nSPS) is 21.5. The Balaban J connectivity index is 1.23. The average Bonchev–Trinajstić information content (AvgIpc) is 3.57. The van der Waals surface area contributed by atoms with E-state index in [0.717, 1.165) is 57.9 Å². The molecular formula is C25H27N5O. The Bertz CT molecular complexity index is 1040. The fourth-order valence-electron chi connectivity index (χ4n) is 4.54. The SMILES string of the molecule is N#Cc1nc([C@@H]2C[C@H]2c2ccccc2)oc1N1CCCN(CCc2ccncc2)CC1. The highest BCUT2D eigenvalue weighted by molar-refractivity contribution is 5.49. The van der Waals surface area contributed by atoms with Gasteiger partial charge >= 0.3 is 0 Å². The van der Waals surface area contributed by atoms with Crippen LogP contribution in [-0.4, -0.2) is 47.6 Å². The van der Waals surface area contributed by atoms with E-state index in [-0.39, 0.29) is 5.92 Å². The van der Waals surface area contributed by atoms with Crippen molar-refractivity contribution >= 4 is 5.88 Å². The summed E-state index contributed by atoms with van der Waals surface area (Å²) in [6.45, 7) is 4.80. The number of nitrogens with zero attached hydrogens (tertiary/aromatic N) is 5. The summed E-state index contributed by atoms with van der Waals surface area (Å²) in [7, 11) is 0. The fraction of sp³-hybridized carbons (Fsp3) is 0.400. The third kappa shape index (κ3) is 4.47. The smallest absolute Gasteiger partial charge is 0.234 e. The Hall–Kier alpha value is -3.17. The summed E-state index contributed by atoms with van der Waals surface area (Å²) in [5, 5.41) is 9.67. The topological polar surface area (TPSA) is 69.2 Å². The highest BCUT2D eigenvalue weighted by atomic mass is 16.4. The number of hydrogen-bond acceptors (Lipinski definition) is 6. The molecule has 2 atom stereocenters. The van der Waals surface area contributed by atoms with Crippen LogP contribution in [0.25, 0.3) is 0 Å². The predicted molar refractivity (Wildman–Crippen MR) is 119 cm³/mol. The lowest BCUT2D eigenvalue weighted by Crippen LogP contribution is -2.32. The maximum Gasteiger partial charge on any atom is 0.234 e. The number of aromatic nitrogens is 2. The summed E-state index contributed by atoms with van der Waals surface area (Å²) >= 11 is 0. The van der Waals surface area contributed by atoms with E-state index in [1.165, 1.54) is 11.1 Å². The third-order valence-electron chi connectivity index (χ3n) is 6.41. The predicted octanol–water partition coefficient (Wildman–Crippen LogP) is 3.97. The van der Waals surface area contributed by atoms with Crippen molar-refractivity contribution in [2.75, 3.05) is 37.6 Å². The van der Waals surface area contributed by atoms with E-state index >= 15 is 0 Å². The molecule has 2 fully saturated rings. The second-order valence-corrected chi connectivity index (χ2v) is 8.46. The van der Waals surface area contributed by atoms with E-state index in [0.29, 0.717) is 17.5 Å². The van der Waals surface area contributed by atoms with Gasteiger partial charge in [-0.1, -0.05) is 30.3 Å². The number of benzene rings is 1. The van der Waals surface area contributed by atoms with Crippen molar-refractivity contribution < 1.29 is 4.42 Å². The van der Waals surface area contributed by atoms with Crippen molar-refractivity contribution in [1.29, 1.82) is 5.26 Å². The maximum atomic E-state index is 9.67. The van der Waals surface area contributed by atoms with Crippen LogP contribution in [0.2, 0.25) is 0 Å². The van der Waals surface area contributed by atoms with Crippen LogP contribution in [0, 0.1) is 11.3 Å². The second-order valence-electron chi connectivity index (χ2n) is 8.46. The zero-order valence-electron chi connectivity index (χ0n) is 17.7. The third-order valence-corrected chi connectivity index (χ3v) is 6.41. The van der Waals surface area contributed by atoms with Crippen LogP contribution >= 0.6 is 0 Å². The van der Waals surface area contributed by atoms with Crippen LogP contribution < -0.4 is 4.90 Å². The molecule has 2 aliphatic rings. The first-order valence-electron chi connectivity index (χ1n) is 11.1. The van der Waals surface area contributed by atoms with Crippen LogP contribution in [0.5, 0.6) is 0 Å². The van der Waals surface area contributed by atoms with Crippen molar-refractivity contribution in [2.45, 2.75) is 31.1 Å². The van der Waals surface area contributed by atoms with E-state index in [1.54, 1.807) is 0 Å². The van der Waals surface area contributed by atoms with Gasteiger partial charge < -0.3 is 14.2 Å². The summed E-state index contributed by atoms with van der Waals surface area (Å²) in [5.41, 5.74) is 3.07. The molecule has 0 N–H and O–H groups in total. The van der Waals surface area contributed by atoms with Gasteiger partial charge in [0.05, 0.1) is 0 Å². The van der Waals surface area contributed by atoms with E-state index in [1.807, 2.05) is 18.5 Å². The molecule has 158 valence electrons. The highest BCUT2D eigenvalue weighted by Crippen LogP contribution is 2.54. The Kier molecular flexibility index (Phi) is 5.68. The molecule has 6 nitrogen and oxygen atoms in total. The molecule has 0 spiro atoms. The van der Waals surface area contributed by atoms with Gasteiger partial charge in [-0.3, -0.25) is 4.98 Å². The minimum atomic E-state index is 0.284. The van der Waals surface area contributed by atoms with Gasteiger partial charge in [0.2, 0.25) is 17.5 Å².